The summed E-state index contributed by atoms with van der Waals surface area (Å²) in [6, 6.07) is 8.32. The molecule has 1 aliphatic carbocycles. The van der Waals surface area contributed by atoms with E-state index in [1.807, 2.05) is 17.6 Å². The summed E-state index contributed by atoms with van der Waals surface area (Å²) in [4.78, 5) is 20.6. The van der Waals surface area contributed by atoms with E-state index in [9.17, 15) is 4.79 Å². The number of thiazole rings is 1. The first-order valence-corrected chi connectivity index (χ1v) is 9.75. The van der Waals surface area contributed by atoms with Crippen molar-refractivity contribution in [2.45, 2.75) is 38.5 Å². The summed E-state index contributed by atoms with van der Waals surface area (Å²) in [6.07, 6.45) is 6.55. The Morgan fingerprint density at radius 2 is 1.96 bits per heavy atom. The molecule has 0 spiro atoms. The van der Waals surface area contributed by atoms with Gasteiger partial charge in [0, 0.05) is 35.3 Å². The number of carbonyl (C=O) groups is 1. The Bertz CT molecular complexity index is 704. The molecule has 1 atom stereocenters. The molecule has 1 saturated heterocycles. The molecule has 0 saturated carbocycles. The number of hydrogen-bond donors (Lipinski definition) is 1. The molecule has 5 heteroatoms. The molecule has 1 N–H and O–H groups in total. The van der Waals surface area contributed by atoms with Gasteiger partial charge in [0.1, 0.15) is 0 Å². The van der Waals surface area contributed by atoms with E-state index in [4.69, 9.17) is 0 Å². The predicted molar refractivity (Wildman–Crippen MR) is 98.8 cm³/mol. The van der Waals surface area contributed by atoms with Crippen LogP contribution in [0, 0.1) is 5.92 Å². The molecular formula is C19H23N3OS. The first-order chi connectivity index (χ1) is 11.8. The number of aryl methyl sites for hydroxylation is 1. The number of benzene rings is 1. The average molecular weight is 341 g/mol. The van der Waals surface area contributed by atoms with Crippen LogP contribution in [0.25, 0.3) is 0 Å². The maximum atomic E-state index is 12.5. The lowest BCUT2D eigenvalue weighted by Gasteiger charge is -2.29. The Kier molecular flexibility index (Phi) is 4.52. The van der Waals surface area contributed by atoms with Crippen molar-refractivity contribution in [3.05, 3.63) is 40.3 Å². The average Bonchev–Trinajstić information content (AvgIpc) is 3.11. The third-order valence-corrected chi connectivity index (χ3v) is 6.01. The van der Waals surface area contributed by atoms with Crippen molar-refractivity contribution in [3.63, 3.8) is 0 Å². The second-order valence-electron chi connectivity index (χ2n) is 6.75. The Labute approximate surface area is 146 Å². The van der Waals surface area contributed by atoms with Crippen LogP contribution in [0.1, 0.15) is 36.3 Å². The number of carbonyl (C=O) groups excluding carboxylic acids is 1. The largest absolute Gasteiger partial charge is 0.372 e. The minimum absolute atomic E-state index is 0.0692. The number of piperidine rings is 1. The number of amides is 1. The first kappa shape index (κ1) is 15.6. The number of rotatable bonds is 3. The fourth-order valence-electron chi connectivity index (χ4n) is 3.68. The van der Waals surface area contributed by atoms with Crippen LogP contribution >= 0.6 is 11.3 Å². The molecule has 0 bridgehead atoms. The van der Waals surface area contributed by atoms with E-state index >= 15 is 0 Å². The van der Waals surface area contributed by atoms with Crippen LogP contribution in [0.3, 0.4) is 0 Å². The van der Waals surface area contributed by atoms with Gasteiger partial charge in [-0.2, -0.15) is 0 Å². The van der Waals surface area contributed by atoms with Gasteiger partial charge in [0.15, 0.2) is 0 Å². The van der Waals surface area contributed by atoms with Gasteiger partial charge in [-0.3, -0.25) is 4.79 Å². The van der Waals surface area contributed by atoms with Crippen molar-refractivity contribution in [1.82, 2.24) is 4.98 Å². The molecule has 2 aliphatic rings. The molecule has 1 unspecified atom stereocenters. The SMILES string of the molecule is O=C(Nc1ccc(N2CCCCC2)cc1)C1CCc2ncsc2C1. The van der Waals surface area contributed by atoms with Crippen LogP contribution in [-0.2, 0) is 17.6 Å². The number of nitrogens with one attached hydrogen (secondary N) is 1. The van der Waals surface area contributed by atoms with E-state index < -0.39 is 0 Å². The van der Waals surface area contributed by atoms with Crippen LogP contribution in [0.4, 0.5) is 11.4 Å². The first-order valence-electron chi connectivity index (χ1n) is 8.87. The molecule has 2 heterocycles. The van der Waals surface area contributed by atoms with E-state index in [-0.39, 0.29) is 11.8 Å². The molecule has 1 fully saturated rings. The van der Waals surface area contributed by atoms with Gasteiger partial charge in [-0.15, -0.1) is 11.3 Å². The van der Waals surface area contributed by atoms with Gasteiger partial charge in [-0.05, 0) is 62.8 Å². The van der Waals surface area contributed by atoms with E-state index in [2.05, 4.69) is 27.3 Å². The molecule has 1 amide bonds. The van der Waals surface area contributed by atoms with Gasteiger partial charge in [0.25, 0.3) is 0 Å². The normalized spacial score (nSPS) is 20.5. The summed E-state index contributed by atoms with van der Waals surface area (Å²) < 4.78 is 0. The summed E-state index contributed by atoms with van der Waals surface area (Å²) in [7, 11) is 0. The number of hydrogen-bond acceptors (Lipinski definition) is 4. The molecule has 1 aliphatic heterocycles. The number of nitrogens with zero attached hydrogens (tertiary/aromatic N) is 2. The second-order valence-corrected chi connectivity index (χ2v) is 7.69. The molecule has 2 aromatic rings. The van der Waals surface area contributed by atoms with Crippen molar-refractivity contribution >= 4 is 28.6 Å². The molecule has 1 aromatic carbocycles. The van der Waals surface area contributed by atoms with E-state index in [0.29, 0.717) is 0 Å². The lowest BCUT2D eigenvalue weighted by molar-refractivity contribution is -0.120. The fraction of sp³-hybridized carbons (Fsp3) is 0.474. The maximum absolute atomic E-state index is 12.5. The molecule has 4 nitrogen and oxygen atoms in total. The Morgan fingerprint density at radius 1 is 1.17 bits per heavy atom. The number of anilines is 2. The summed E-state index contributed by atoms with van der Waals surface area (Å²) in [5, 5.41) is 3.09. The van der Waals surface area contributed by atoms with Crippen LogP contribution in [0.5, 0.6) is 0 Å². The Balaban J connectivity index is 1.37. The Morgan fingerprint density at radius 3 is 2.75 bits per heavy atom. The summed E-state index contributed by atoms with van der Waals surface area (Å²) >= 11 is 1.67. The van der Waals surface area contributed by atoms with Crippen LogP contribution in [0.15, 0.2) is 29.8 Å². The minimum atomic E-state index is 0.0692. The smallest absolute Gasteiger partial charge is 0.227 e. The minimum Gasteiger partial charge on any atom is -0.372 e. The highest BCUT2D eigenvalue weighted by Gasteiger charge is 2.26. The molecule has 0 radical (unpaired) electrons. The second kappa shape index (κ2) is 6.93. The highest BCUT2D eigenvalue weighted by Crippen LogP contribution is 2.29. The van der Waals surface area contributed by atoms with Crippen LogP contribution in [-0.4, -0.2) is 24.0 Å². The third kappa shape index (κ3) is 3.31. The third-order valence-electron chi connectivity index (χ3n) is 5.11. The van der Waals surface area contributed by atoms with E-state index in [0.717, 1.165) is 38.0 Å². The monoisotopic (exact) mass is 341 g/mol. The van der Waals surface area contributed by atoms with Crippen molar-refractivity contribution in [3.8, 4) is 0 Å². The highest BCUT2D eigenvalue weighted by molar-refractivity contribution is 7.09. The van der Waals surface area contributed by atoms with E-state index in [1.165, 1.54) is 35.5 Å². The fourth-order valence-corrected chi connectivity index (χ4v) is 4.57. The van der Waals surface area contributed by atoms with Gasteiger partial charge in [-0.25, -0.2) is 4.98 Å². The maximum Gasteiger partial charge on any atom is 0.227 e. The van der Waals surface area contributed by atoms with Gasteiger partial charge in [0.05, 0.1) is 11.2 Å². The van der Waals surface area contributed by atoms with Gasteiger partial charge < -0.3 is 10.2 Å². The molecule has 24 heavy (non-hydrogen) atoms. The van der Waals surface area contributed by atoms with Crippen molar-refractivity contribution < 1.29 is 4.79 Å². The number of aromatic nitrogens is 1. The molecule has 1 aromatic heterocycles. The topological polar surface area (TPSA) is 45.2 Å². The highest BCUT2D eigenvalue weighted by atomic mass is 32.1. The van der Waals surface area contributed by atoms with Crippen molar-refractivity contribution in [1.29, 1.82) is 0 Å². The van der Waals surface area contributed by atoms with Gasteiger partial charge >= 0.3 is 0 Å². The molecular weight excluding hydrogens is 318 g/mol. The molecule has 4 rings (SSSR count). The summed E-state index contributed by atoms with van der Waals surface area (Å²) in [6.45, 7) is 2.29. The number of fused-ring (bicyclic) bond motifs is 1. The van der Waals surface area contributed by atoms with Gasteiger partial charge in [-0.1, -0.05) is 0 Å². The van der Waals surface area contributed by atoms with Gasteiger partial charge in [0.2, 0.25) is 5.91 Å². The zero-order chi connectivity index (χ0) is 16.4. The summed E-state index contributed by atoms with van der Waals surface area (Å²) in [5.74, 6) is 0.208. The lowest BCUT2D eigenvalue weighted by Crippen LogP contribution is -2.29. The zero-order valence-corrected chi connectivity index (χ0v) is 14.6. The van der Waals surface area contributed by atoms with Crippen molar-refractivity contribution in [2.24, 2.45) is 5.92 Å². The van der Waals surface area contributed by atoms with Crippen LogP contribution < -0.4 is 10.2 Å². The van der Waals surface area contributed by atoms with E-state index in [1.54, 1.807) is 11.3 Å². The Hall–Kier alpha value is -1.88. The van der Waals surface area contributed by atoms with Crippen molar-refractivity contribution in [2.75, 3.05) is 23.3 Å². The lowest BCUT2D eigenvalue weighted by atomic mass is 9.90. The standard InChI is InChI=1S/C19H23N3OS/c23-19(14-4-9-17-18(12-14)24-13-20-17)21-15-5-7-16(8-6-15)22-10-2-1-3-11-22/h5-8,13-14H,1-4,9-12H2,(H,21,23). The van der Waals surface area contributed by atoms with Crippen LogP contribution in [0.2, 0.25) is 0 Å². The quantitative estimate of drug-likeness (QED) is 0.921. The predicted octanol–water partition coefficient (Wildman–Crippen LogP) is 3.88. The molecule has 126 valence electrons. The zero-order valence-electron chi connectivity index (χ0n) is 13.8. The summed E-state index contributed by atoms with van der Waals surface area (Å²) in [5.41, 5.74) is 5.25.